The van der Waals surface area contributed by atoms with E-state index < -0.39 is 0 Å². The molecule has 0 radical (unpaired) electrons. The molecular weight excluding hydrogens is 763 g/mol. The minimum absolute atomic E-state index is 0. The molecule has 0 amide bonds. The summed E-state index contributed by atoms with van der Waals surface area (Å²) in [5.41, 5.74) is 18.8. The molecule has 2 aliphatic rings. The fraction of sp³-hybridized carbons (Fsp3) is 0.444. The predicted octanol–water partition coefficient (Wildman–Crippen LogP) is 10.7. The summed E-state index contributed by atoms with van der Waals surface area (Å²) in [6, 6.07) is 8.97. The molecule has 5 rings (SSSR count). The molecule has 3 aromatic rings. The standard InChI is InChI=1S/C36H45BrN4.Pt/c1-9-23-25(11-3)33-29(15-7)34-26(12-4)27(13-5)35(40-34)32(37)36-28(14-6)24(10-2)31(41(36)16-8)20-22-18-17-21(38-22)19-30(23)39-33;/h17-20,38H,9-16H2,1-8H3;. The zero-order valence-electron chi connectivity index (χ0n) is 26.5. The summed E-state index contributed by atoms with van der Waals surface area (Å²) in [5, 5.41) is 0. The van der Waals surface area contributed by atoms with Crippen LogP contribution in [0.4, 0.5) is 0 Å². The average molecular weight is 809 g/mol. The molecule has 0 aromatic carbocycles. The average Bonchev–Trinajstić information content (AvgIpc) is 3.74. The molecule has 42 heavy (non-hydrogen) atoms. The van der Waals surface area contributed by atoms with E-state index in [0.717, 1.165) is 89.8 Å². The Morgan fingerprint density at radius 1 is 0.619 bits per heavy atom. The van der Waals surface area contributed by atoms with Gasteiger partial charge in [0.25, 0.3) is 0 Å². The second-order valence-electron chi connectivity index (χ2n) is 10.9. The van der Waals surface area contributed by atoms with Crippen molar-refractivity contribution in [3.8, 4) is 0 Å². The topological polar surface area (TPSA) is 46.5 Å². The van der Waals surface area contributed by atoms with Crippen LogP contribution in [0.2, 0.25) is 0 Å². The van der Waals surface area contributed by atoms with Crippen LogP contribution in [-0.4, -0.2) is 19.5 Å². The minimum atomic E-state index is 0. The number of rotatable bonds is 8. The van der Waals surface area contributed by atoms with Gasteiger partial charge in [0.1, 0.15) is 0 Å². The fourth-order valence-corrected chi connectivity index (χ4v) is 7.92. The molecule has 6 heteroatoms. The van der Waals surface area contributed by atoms with E-state index in [9.17, 15) is 0 Å². The number of aromatic amines is 1. The second kappa shape index (κ2) is 13.6. The Hall–Kier alpha value is -2.23. The third kappa shape index (κ3) is 5.23. The van der Waals surface area contributed by atoms with Gasteiger partial charge in [0.15, 0.2) is 0 Å². The number of H-pyrrole nitrogens is 1. The molecular formula is C36H45BrN4Pt. The molecule has 0 unspecified atom stereocenters. The maximum absolute atomic E-state index is 5.53. The van der Waals surface area contributed by atoms with Crippen LogP contribution in [0.1, 0.15) is 121 Å². The molecule has 0 fully saturated rings. The molecule has 4 nitrogen and oxygen atoms in total. The number of fused-ring (bicyclic) bond motifs is 8. The van der Waals surface area contributed by atoms with Crippen LogP contribution in [0.3, 0.4) is 0 Å². The van der Waals surface area contributed by atoms with Crippen LogP contribution in [0.5, 0.6) is 0 Å². The van der Waals surface area contributed by atoms with Crippen molar-refractivity contribution in [3.63, 3.8) is 0 Å². The van der Waals surface area contributed by atoms with Crippen molar-refractivity contribution in [1.29, 1.82) is 0 Å². The summed E-state index contributed by atoms with van der Waals surface area (Å²) in [7, 11) is 0. The van der Waals surface area contributed by atoms with E-state index in [-0.39, 0.29) is 21.1 Å². The zero-order chi connectivity index (χ0) is 29.4. The first-order valence-electron chi connectivity index (χ1n) is 15.8. The van der Waals surface area contributed by atoms with Gasteiger partial charge >= 0.3 is 0 Å². The van der Waals surface area contributed by atoms with Crippen LogP contribution in [0.25, 0.3) is 44.4 Å². The Bertz CT molecular complexity index is 1730. The molecule has 0 saturated carbocycles. The molecule has 5 heterocycles. The van der Waals surface area contributed by atoms with E-state index in [4.69, 9.17) is 9.97 Å². The Labute approximate surface area is 274 Å². The molecule has 8 bridgehead atoms. The van der Waals surface area contributed by atoms with Gasteiger partial charge in [-0.15, -0.1) is 0 Å². The summed E-state index contributed by atoms with van der Waals surface area (Å²) < 4.78 is 3.61. The van der Waals surface area contributed by atoms with Gasteiger partial charge in [0, 0.05) is 49.7 Å². The van der Waals surface area contributed by atoms with E-state index in [1.807, 2.05) is 0 Å². The van der Waals surface area contributed by atoms with Crippen LogP contribution >= 0.6 is 15.9 Å². The van der Waals surface area contributed by atoms with Crippen molar-refractivity contribution < 1.29 is 21.1 Å². The Kier molecular flexibility index (Phi) is 10.6. The summed E-state index contributed by atoms with van der Waals surface area (Å²) in [6.45, 7) is 19.1. The summed E-state index contributed by atoms with van der Waals surface area (Å²) in [4.78, 5) is 14.6. The molecule has 0 atom stereocenters. The molecule has 2 aliphatic heterocycles. The predicted molar refractivity (Wildman–Crippen MR) is 181 cm³/mol. The first-order valence-corrected chi connectivity index (χ1v) is 16.6. The van der Waals surface area contributed by atoms with Gasteiger partial charge in [-0.25, -0.2) is 9.97 Å². The van der Waals surface area contributed by atoms with Crippen molar-refractivity contribution in [2.24, 2.45) is 0 Å². The van der Waals surface area contributed by atoms with Gasteiger partial charge in [-0.2, -0.15) is 0 Å². The summed E-state index contributed by atoms with van der Waals surface area (Å²) >= 11 is 4.17. The van der Waals surface area contributed by atoms with Crippen molar-refractivity contribution in [2.75, 3.05) is 0 Å². The molecule has 0 saturated heterocycles. The molecule has 3 aromatic heterocycles. The monoisotopic (exact) mass is 807 g/mol. The number of aryl methyl sites for hydroxylation is 3. The number of nitrogens with zero attached hydrogens (tertiary/aromatic N) is 3. The van der Waals surface area contributed by atoms with Crippen molar-refractivity contribution in [2.45, 2.75) is 107 Å². The van der Waals surface area contributed by atoms with E-state index >= 15 is 0 Å². The van der Waals surface area contributed by atoms with E-state index in [1.54, 1.807) is 0 Å². The number of aromatic nitrogens is 4. The molecule has 1 N–H and O–H groups in total. The first-order chi connectivity index (χ1) is 19.9. The Morgan fingerprint density at radius 2 is 1.14 bits per heavy atom. The maximum Gasteiger partial charge on any atom is 0.0835 e. The van der Waals surface area contributed by atoms with E-state index in [2.05, 4.69) is 105 Å². The number of allylic oxidation sites excluding steroid dienone is 4. The molecule has 0 aliphatic carbocycles. The van der Waals surface area contributed by atoms with Gasteiger partial charge in [-0.1, -0.05) is 48.5 Å². The van der Waals surface area contributed by atoms with Gasteiger partial charge in [0.05, 0.1) is 32.8 Å². The van der Waals surface area contributed by atoms with Crippen LogP contribution in [-0.2, 0) is 46.9 Å². The number of hydrogen-bond acceptors (Lipinski definition) is 2. The number of hydrogen-bond donors (Lipinski definition) is 1. The minimum Gasteiger partial charge on any atom is -0.355 e. The molecule has 0 spiro atoms. The van der Waals surface area contributed by atoms with Gasteiger partial charge in [-0.3, -0.25) is 0 Å². The number of halogens is 1. The first kappa shape index (κ1) is 32.7. The SMILES string of the molecule is CCC1=C(CC)c2nc1cc1ccc(cc3c(CC)c(CC)c(c(Br)c4nc(c2CC)C(CC)=C4CC)n3CC)[nH]1.[Pt]. The van der Waals surface area contributed by atoms with Crippen molar-refractivity contribution in [1.82, 2.24) is 19.5 Å². The maximum atomic E-state index is 5.53. The third-order valence-corrected chi connectivity index (χ3v) is 9.72. The van der Waals surface area contributed by atoms with Gasteiger partial charge < -0.3 is 9.55 Å². The van der Waals surface area contributed by atoms with Crippen LogP contribution in [0, 0.1) is 0 Å². The normalized spacial score (nSPS) is 13.3. The van der Waals surface area contributed by atoms with Crippen molar-refractivity contribution in [3.05, 3.63) is 68.2 Å². The smallest absolute Gasteiger partial charge is 0.0835 e. The third-order valence-electron chi connectivity index (χ3n) is 8.97. The van der Waals surface area contributed by atoms with Crippen LogP contribution < -0.4 is 0 Å². The van der Waals surface area contributed by atoms with Gasteiger partial charge in [-0.05, 0) is 125 Å². The fourth-order valence-electron chi connectivity index (χ4n) is 7.14. The van der Waals surface area contributed by atoms with Gasteiger partial charge in [0.2, 0.25) is 0 Å². The Morgan fingerprint density at radius 3 is 1.69 bits per heavy atom. The summed E-state index contributed by atoms with van der Waals surface area (Å²) in [5.74, 6) is 0. The summed E-state index contributed by atoms with van der Waals surface area (Å²) in [6.07, 6.45) is 6.69. The van der Waals surface area contributed by atoms with Crippen molar-refractivity contribution >= 4 is 60.3 Å². The second-order valence-corrected chi connectivity index (χ2v) is 11.7. The quantitative estimate of drug-likeness (QED) is 0.246. The largest absolute Gasteiger partial charge is 0.355 e. The number of nitrogens with one attached hydrogen (secondary N) is 1. The molecule has 226 valence electrons. The Balaban J connectivity index is 0.00000405. The van der Waals surface area contributed by atoms with E-state index in [1.165, 1.54) is 50.0 Å². The van der Waals surface area contributed by atoms with E-state index in [0.29, 0.717) is 0 Å². The zero-order valence-corrected chi connectivity index (χ0v) is 30.4. The van der Waals surface area contributed by atoms with Crippen LogP contribution in [0.15, 0.2) is 28.7 Å².